The summed E-state index contributed by atoms with van der Waals surface area (Å²) in [6.07, 6.45) is 0. The Hall–Kier alpha value is -1.51. The number of sulfonamides is 1. The fraction of sp³-hybridized carbons (Fsp3) is 0. The number of nitrogens with two attached hydrogens (primary N) is 1. The van der Waals surface area contributed by atoms with Gasteiger partial charge in [0.15, 0.2) is 0 Å². The van der Waals surface area contributed by atoms with Crippen molar-refractivity contribution in [2.24, 2.45) is 5.73 Å². The Morgan fingerprint density at radius 1 is 1.19 bits per heavy atom. The Labute approximate surface area is 135 Å². The minimum absolute atomic E-state index is 0.0549. The first-order valence-electron chi connectivity index (χ1n) is 5.67. The van der Waals surface area contributed by atoms with Crippen LogP contribution in [0.3, 0.4) is 0 Å². The van der Waals surface area contributed by atoms with Gasteiger partial charge in [-0.15, -0.1) is 0 Å². The van der Waals surface area contributed by atoms with Gasteiger partial charge in [0, 0.05) is 10.0 Å². The molecule has 21 heavy (non-hydrogen) atoms. The van der Waals surface area contributed by atoms with Gasteiger partial charge in [0.1, 0.15) is 10.8 Å². The molecule has 0 fully saturated rings. The molecular formula is C13H10BrFN2O2S2. The standard InChI is InChI=1S/C13H10BrFN2O2S2/c14-8-1-6-12(11(7-8)13(16)20)17-21(18,19)10-4-2-9(15)3-5-10/h1-7,17H,(H2,16,20). The molecule has 0 saturated carbocycles. The predicted molar refractivity (Wildman–Crippen MR) is 87.2 cm³/mol. The zero-order valence-electron chi connectivity index (χ0n) is 10.5. The van der Waals surface area contributed by atoms with E-state index in [-0.39, 0.29) is 15.6 Å². The number of anilines is 1. The third-order valence-corrected chi connectivity index (χ3v) is 4.71. The van der Waals surface area contributed by atoms with Crippen LogP contribution in [0, 0.1) is 5.82 Å². The first kappa shape index (κ1) is 15.9. The molecule has 0 amide bonds. The first-order chi connectivity index (χ1) is 9.79. The second-order valence-electron chi connectivity index (χ2n) is 4.11. The topological polar surface area (TPSA) is 72.2 Å². The van der Waals surface area contributed by atoms with Crippen molar-refractivity contribution in [2.45, 2.75) is 4.90 Å². The van der Waals surface area contributed by atoms with Gasteiger partial charge < -0.3 is 5.73 Å². The lowest BCUT2D eigenvalue weighted by Crippen LogP contribution is -2.18. The molecule has 0 spiro atoms. The molecule has 0 aromatic heterocycles. The number of rotatable bonds is 4. The van der Waals surface area contributed by atoms with E-state index in [4.69, 9.17) is 18.0 Å². The number of benzene rings is 2. The molecule has 3 N–H and O–H groups in total. The molecule has 0 radical (unpaired) electrons. The summed E-state index contributed by atoms with van der Waals surface area (Å²) < 4.78 is 40.5. The van der Waals surface area contributed by atoms with E-state index in [0.717, 1.165) is 16.6 Å². The van der Waals surface area contributed by atoms with Gasteiger partial charge in [0.25, 0.3) is 10.0 Å². The molecule has 0 aliphatic heterocycles. The fourth-order valence-electron chi connectivity index (χ4n) is 1.63. The molecule has 0 bridgehead atoms. The van der Waals surface area contributed by atoms with Gasteiger partial charge in [-0.3, -0.25) is 4.72 Å². The zero-order chi connectivity index (χ0) is 15.6. The van der Waals surface area contributed by atoms with E-state index in [9.17, 15) is 12.8 Å². The van der Waals surface area contributed by atoms with Crippen LogP contribution in [0.25, 0.3) is 0 Å². The number of halogens is 2. The van der Waals surface area contributed by atoms with Crippen LogP contribution in [0.4, 0.5) is 10.1 Å². The van der Waals surface area contributed by atoms with Gasteiger partial charge >= 0.3 is 0 Å². The Bertz CT molecular complexity index is 792. The van der Waals surface area contributed by atoms with Crippen LogP contribution in [0.2, 0.25) is 0 Å². The third-order valence-electron chi connectivity index (χ3n) is 2.62. The molecule has 0 heterocycles. The monoisotopic (exact) mass is 388 g/mol. The molecule has 0 unspecified atom stereocenters. The first-order valence-corrected chi connectivity index (χ1v) is 8.36. The third kappa shape index (κ3) is 3.78. The average molecular weight is 389 g/mol. The normalized spacial score (nSPS) is 11.1. The molecule has 0 aliphatic rings. The number of hydrogen-bond donors (Lipinski definition) is 2. The summed E-state index contributed by atoms with van der Waals surface area (Å²) in [6.45, 7) is 0. The van der Waals surface area contributed by atoms with Crippen LogP contribution < -0.4 is 10.5 Å². The average Bonchev–Trinajstić information content (AvgIpc) is 2.41. The quantitative estimate of drug-likeness (QED) is 0.789. The van der Waals surface area contributed by atoms with Crippen molar-refractivity contribution in [1.82, 2.24) is 0 Å². The maximum Gasteiger partial charge on any atom is 0.261 e. The Morgan fingerprint density at radius 3 is 2.38 bits per heavy atom. The van der Waals surface area contributed by atoms with Crippen molar-refractivity contribution in [3.05, 3.63) is 58.3 Å². The number of nitrogens with one attached hydrogen (secondary N) is 1. The van der Waals surface area contributed by atoms with Gasteiger partial charge in [0.2, 0.25) is 0 Å². The molecule has 0 aliphatic carbocycles. The molecule has 8 heteroatoms. The maximum atomic E-state index is 12.9. The van der Waals surface area contributed by atoms with E-state index in [1.165, 1.54) is 12.1 Å². The van der Waals surface area contributed by atoms with Gasteiger partial charge in [0.05, 0.1) is 10.6 Å². The van der Waals surface area contributed by atoms with Crippen LogP contribution >= 0.6 is 28.1 Å². The Morgan fingerprint density at radius 2 is 1.81 bits per heavy atom. The van der Waals surface area contributed by atoms with E-state index in [1.54, 1.807) is 18.2 Å². The highest BCUT2D eigenvalue weighted by molar-refractivity contribution is 9.10. The van der Waals surface area contributed by atoms with Gasteiger partial charge in [-0.2, -0.15) is 0 Å². The maximum absolute atomic E-state index is 12.9. The highest BCUT2D eigenvalue weighted by atomic mass is 79.9. The van der Waals surface area contributed by atoms with E-state index in [2.05, 4.69) is 20.7 Å². The van der Waals surface area contributed by atoms with E-state index < -0.39 is 15.8 Å². The summed E-state index contributed by atoms with van der Waals surface area (Å²) in [5.74, 6) is -0.513. The SMILES string of the molecule is NC(=S)c1cc(Br)ccc1NS(=O)(=O)c1ccc(F)cc1. The van der Waals surface area contributed by atoms with Crippen LogP contribution in [0.15, 0.2) is 51.8 Å². The second-order valence-corrected chi connectivity index (χ2v) is 7.15. The van der Waals surface area contributed by atoms with E-state index in [0.29, 0.717) is 5.56 Å². The Kier molecular flexibility index (Phi) is 4.60. The zero-order valence-corrected chi connectivity index (χ0v) is 13.7. The van der Waals surface area contributed by atoms with Crippen molar-refractivity contribution in [3.63, 3.8) is 0 Å². The molecular weight excluding hydrogens is 379 g/mol. The lowest BCUT2D eigenvalue weighted by Gasteiger charge is -2.12. The van der Waals surface area contributed by atoms with Crippen molar-refractivity contribution in [1.29, 1.82) is 0 Å². The van der Waals surface area contributed by atoms with Crippen LogP contribution in [-0.4, -0.2) is 13.4 Å². The summed E-state index contributed by atoms with van der Waals surface area (Å²) in [5, 5.41) is 0. The summed E-state index contributed by atoms with van der Waals surface area (Å²) in [7, 11) is -3.85. The van der Waals surface area contributed by atoms with Crippen LogP contribution in [0.5, 0.6) is 0 Å². The van der Waals surface area contributed by atoms with E-state index in [1.807, 2.05) is 0 Å². The summed E-state index contributed by atoms with van der Waals surface area (Å²) in [6, 6.07) is 9.32. The predicted octanol–water partition coefficient (Wildman–Crippen LogP) is 3.02. The minimum atomic E-state index is -3.85. The summed E-state index contributed by atoms with van der Waals surface area (Å²) in [5.41, 5.74) is 6.24. The van der Waals surface area contributed by atoms with Crippen LogP contribution in [-0.2, 0) is 10.0 Å². The molecule has 0 atom stereocenters. The lowest BCUT2D eigenvalue weighted by molar-refractivity contribution is 0.599. The lowest BCUT2D eigenvalue weighted by atomic mass is 10.2. The van der Waals surface area contributed by atoms with Crippen molar-refractivity contribution < 1.29 is 12.8 Å². The molecule has 4 nitrogen and oxygen atoms in total. The number of hydrogen-bond acceptors (Lipinski definition) is 3. The molecule has 0 saturated heterocycles. The second kappa shape index (κ2) is 6.08. The van der Waals surface area contributed by atoms with Crippen molar-refractivity contribution in [2.75, 3.05) is 4.72 Å². The fourth-order valence-corrected chi connectivity index (χ4v) is 3.24. The molecule has 2 rings (SSSR count). The molecule has 2 aromatic carbocycles. The highest BCUT2D eigenvalue weighted by Crippen LogP contribution is 2.24. The largest absolute Gasteiger partial charge is 0.389 e. The smallest absolute Gasteiger partial charge is 0.261 e. The van der Waals surface area contributed by atoms with Crippen molar-refractivity contribution >= 4 is 48.8 Å². The number of thiocarbonyl (C=S) groups is 1. The molecule has 2 aromatic rings. The van der Waals surface area contributed by atoms with Gasteiger partial charge in [-0.05, 0) is 42.5 Å². The van der Waals surface area contributed by atoms with E-state index >= 15 is 0 Å². The van der Waals surface area contributed by atoms with Gasteiger partial charge in [-0.1, -0.05) is 28.1 Å². The molecule has 110 valence electrons. The minimum Gasteiger partial charge on any atom is -0.389 e. The highest BCUT2D eigenvalue weighted by Gasteiger charge is 2.17. The Balaban J connectivity index is 2.41. The summed E-state index contributed by atoms with van der Waals surface area (Å²) in [4.78, 5) is 0.00816. The van der Waals surface area contributed by atoms with Crippen molar-refractivity contribution in [3.8, 4) is 0 Å². The summed E-state index contributed by atoms with van der Waals surface area (Å²) >= 11 is 8.17. The van der Waals surface area contributed by atoms with Crippen LogP contribution in [0.1, 0.15) is 5.56 Å². The van der Waals surface area contributed by atoms with Gasteiger partial charge in [-0.25, -0.2) is 12.8 Å².